The van der Waals surface area contributed by atoms with Crippen LogP contribution in [0, 0.1) is 11.6 Å². The van der Waals surface area contributed by atoms with Crippen LogP contribution in [-0.4, -0.2) is 24.0 Å². The lowest BCUT2D eigenvalue weighted by atomic mass is 10.1. The maximum atomic E-state index is 13.3. The average molecular weight is 240 g/mol. The Morgan fingerprint density at radius 1 is 1.18 bits per heavy atom. The van der Waals surface area contributed by atoms with E-state index in [0.717, 1.165) is 37.5 Å². The van der Waals surface area contributed by atoms with Gasteiger partial charge in [0.1, 0.15) is 11.6 Å². The highest BCUT2D eigenvalue weighted by Crippen LogP contribution is 2.17. The Morgan fingerprint density at radius 2 is 1.88 bits per heavy atom. The molecular formula is C12H14F2N2O. The van der Waals surface area contributed by atoms with E-state index in [1.54, 1.807) is 4.90 Å². The summed E-state index contributed by atoms with van der Waals surface area (Å²) in [5, 5.41) is 2.39. The molecule has 0 radical (unpaired) electrons. The fraction of sp³-hybridized carbons (Fsp3) is 0.417. The minimum atomic E-state index is -0.628. The monoisotopic (exact) mass is 240 g/mol. The molecule has 0 spiro atoms. The Morgan fingerprint density at radius 3 is 2.59 bits per heavy atom. The van der Waals surface area contributed by atoms with E-state index in [0.29, 0.717) is 13.1 Å². The number of rotatable bonds is 1. The molecular weight excluding hydrogens is 226 g/mol. The first kappa shape index (κ1) is 11.8. The summed E-state index contributed by atoms with van der Waals surface area (Å²) in [6.07, 6.45) is 3.02. The first-order valence-electron chi connectivity index (χ1n) is 5.68. The normalized spacial score (nSPS) is 15.8. The van der Waals surface area contributed by atoms with Crippen molar-refractivity contribution in [1.82, 2.24) is 4.90 Å². The van der Waals surface area contributed by atoms with Crippen molar-refractivity contribution in [3.8, 4) is 0 Å². The number of nitrogens with one attached hydrogen (secondary N) is 1. The summed E-state index contributed by atoms with van der Waals surface area (Å²) in [5.41, 5.74) is -0.111. The molecule has 17 heavy (non-hydrogen) atoms. The Kier molecular flexibility index (Phi) is 3.56. The van der Waals surface area contributed by atoms with E-state index in [1.807, 2.05) is 0 Å². The van der Waals surface area contributed by atoms with Gasteiger partial charge in [-0.2, -0.15) is 0 Å². The number of halogens is 2. The minimum absolute atomic E-state index is 0.111. The van der Waals surface area contributed by atoms with E-state index < -0.39 is 11.6 Å². The zero-order valence-corrected chi connectivity index (χ0v) is 9.38. The molecule has 1 aliphatic heterocycles. The van der Waals surface area contributed by atoms with Crippen LogP contribution < -0.4 is 5.32 Å². The molecule has 0 saturated carbocycles. The Labute approximate surface area is 98.4 Å². The lowest BCUT2D eigenvalue weighted by molar-refractivity contribution is 0.200. The summed E-state index contributed by atoms with van der Waals surface area (Å²) in [4.78, 5) is 13.4. The van der Waals surface area contributed by atoms with Gasteiger partial charge in [0, 0.05) is 19.2 Å². The van der Waals surface area contributed by atoms with Gasteiger partial charge in [-0.05, 0) is 31.4 Å². The third kappa shape index (κ3) is 2.93. The van der Waals surface area contributed by atoms with E-state index in [2.05, 4.69) is 5.32 Å². The number of carbonyl (C=O) groups is 1. The number of hydrogen-bond acceptors (Lipinski definition) is 1. The van der Waals surface area contributed by atoms with Gasteiger partial charge in [-0.1, -0.05) is 0 Å². The maximum absolute atomic E-state index is 13.3. The number of urea groups is 1. The smallest absolute Gasteiger partial charge is 0.321 e. The van der Waals surface area contributed by atoms with E-state index in [4.69, 9.17) is 0 Å². The van der Waals surface area contributed by atoms with Crippen LogP contribution in [0.3, 0.4) is 0 Å². The van der Waals surface area contributed by atoms with Crippen LogP contribution >= 0.6 is 0 Å². The van der Waals surface area contributed by atoms with Gasteiger partial charge < -0.3 is 10.2 Å². The van der Waals surface area contributed by atoms with Crippen molar-refractivity contribution in [2.75, 3.05) is 18.4 Å². The van der Waals surface area contributed by atoms with E-state index in [1.165, 1.54) is 0 Å². The largest absolute Gasteiger partial charge is 0.325 e. The number of piperidine rings is 1. The highest BCUT2D eigenvalue weighted by Gasteiger charge is 2.17. The standard InChI is InChI=1S/C12H14F2N2O/c13-9-4-5-10(14)11(8-9)15-12(17)16-6-2-1-3-7-16/h4-5,8H,1-3,6-7H2,(H,15,17). The summed E-state index contributed by atoms with van der Waals surface area (Å²) in [6.45, 7) is 1.34. The van der Waals surface area contributed by atoms with E-state index in [9.17, 15) is 13.6 Å². The average Bonchev–Trinajstić information content (AvgIpc) is 2.35. The zero-order chi connectivity index (χ0) is 12.3. The van der Waals surface area contributed by atoms with Gasteiger partial charge >= 0.3 is 6.03 Å². The SMILES string of the molecule is O=C(Nc1cc(F)ccc1F)N1CCCCC1. The molecule has 92 valence electrons. The van der Waals surface area contributed by atoms with Gasteiger partial charge in [0.15, 0.2) is 0 Å². The van der Waals surface area contributed by atoms with Gasteiger partial charge in [-0.15, -0.1) is 0 Å². The molecule has 5 heteroatoms. The summed E-state index contributed by atoms with van der Waals surface area (Å²) >= 11 is 0. The summed E-state index contributed by atoms with van der Waals surface area (Å²) in [5.74, 6) is -1.20. The molecule has 2 rings (SSSR count). The number of nitrogens with zero attached hydrogens (tertiary/aromatic N) is 1. The molecule has 0 bridgehead atoms. The highest BCUT2D eigenvalue weighted by atomic mass is 19.1. The Balaban J connectivity index is 2.04. The van der Waals surface area contributed by atoms with Crippen molar-refractivity contribution in [2.24, 2.45) is 0 Å². The second-order valence-corrected chi connectivity index (χ2v) is 4.10. The second kappa shape index (κ2) is 5.12. The van der Waals surface area contributed by atoms with Crippen LogP contribution in [0.15, 0.2) is 18.2 Å². The number of likely N-dealkylation sites (tertiary alicyclic amines) is 1. The van der Waals surface area contributed by atoms with Crippen LogP contribution in [0.25, 0.3) is 0 Å². The topological polar surface area (TPSA) is 32.3 Å². The first-order valence-corrected chi connectivity index (χ1v) is 5.68. The van der Waals surface area contributed by atoms with Crippen molar-refractivity contribution in [2.45, 2.75) is 19.3 Å². The molecule has 1 heterocycles. The molecule has 3 nitrogen and oxygen atoms in total. The van der Waals surface area contributed by atoms with E-state index >= 15 is 0 Å². The molecule has 1 aliphatic rings. The van der Waals surface area contributed by atoms with Gasteiger partial charge in [-0.3, -0.25) is 0 Å². The fourth-order valence-corrected chi connectivity index (χ4v) is 1.88. The molecule has 0 aliphatic carbocycles. The Bertz CT molecular complexity index is 417. The van der Waals surface area contributed by atoms with Crippen LogP contribution in [0.4, 0.5) is 19.3 Å². The predicted octanol–water partition coefficient (Wildman–Crippen LogP) is 2.98. The number of benzene rings is 1. The fourth-order valence-electron chi connectivity index (χ4n) is 1.88. The molecule has 0 atom stereocenters. The van der Waals surface area contributed by atoms with Crippen LogP contribution in [-0.2, 0) is 0 Å². The molecule has 1 N–H and O–H groups in total. The predicted molar refractivity (Wildman–Crippen MR) is 60.8 cm³/mol. The van der Waals surface area contributed by atoms with Gasteiger partial charge in [0.25, 0.3) is 0 Å². The van der Waals surface area contributed by atoms with Crippen LogP contribution in [0.2, 0.25) is 0 Å². The summed E-state index contributed by atoms with van der Waals surface area (Å²) in [7, 11) is 0. The lowest BCUT2D eigenvalue weighted by Crippen LogP contribution is -2.38. The molecule has 1 fully saturated rings. The number of amides is 2. The summed E-state index contributed by atoms with van der Waals surface area (Å²) < 4.78 is 26.2. The molecule has 0 unspecified atom stereocenters. The lowest BCUT2D eigenvalue weighted by Gasteiger charge is -2.26. The van der Waals surface area contributed by atoms with Crippen molar-refractivity contribution < 1.29 is 13.6 Å². The number of anilines is 1. The third-order valence-corrected chi connectivity index (χ3v) is 2.81. The minimum Gasteiger partial charge on any atom is -0.325 e. The molecule has 0 aromatic heterocycles. The molecule has 1 aromatic rings. The third-order valence-electron chi connectivity index (χ3n) is 2.81. The quantitative estimate of drug-likeness (QED) is 0.804. The highest BCUT2D eigenvalue weighted by molar-refractivity contribution is 5.89. The van der Waals surface area contributed by atoms with Crippen molar-refractivity contribution in [1.29, 1.82) is 0 Å². The molecule has 1 saturated heterocycles. The van der Waals surface area contributed by atoms with Crippen LogP contribution in [0.1, 0.15) is 19.3 Å². The van der Waals surface area contributed by atoms with Gasteiger partial charge in [0.2, 0.25) is 0 Å². The van der Waals surface area contributed by atoms with Crippen LogP contribution in [0.5, 0.6) is 0 Å². The number of carbonyl (C=O) groups excluding carboxylic acids is 1. The summed E-state index contributed by atoms with van der Waals surface area (Å²) in [6, 6.07) is 2.64. The first-order chi connectivity index (χ1) is 8.16. The second-order valence-electron chi connectivity index (χ2n) is 4.10. The molecule has 2 amide bonds. The molecule has 1 aromatic carbocycles. The van der Waals surface area contributed by atoms with Crippen molar-refractivity contribution >= 4 is 11.7 Å². The number of hydrogen-bond donors (Lipinski definition) is 1. The maximum Gasteiger partial charge on any atom is 0.321 e. The Hall–Kier alpha value is -1.65. The van der Waals surface area contributed by atoms with Gasteiger partial charge in [0.05, 0.1) is 5.69 Å². The van der Waals surface area contributed by atoms with E-state index in [-0.39, 0.29) is 11.7 Å². The van der Waals surface area contributed by atoms with Crippen molar-refractivity contribution in [3.63, 3.8) is 0 Å². The van der Waals surface area contributed by atoms with Gasteiger partial charge in [-0.25, -0.2) is 13.6 Å². The van der Waals surface area contributed by atoms with Crippen molar-refractivity contribution in [3.05, 3.63) is 29.8 Å². The zero-order valence-electron chi connectivity index (χ0n) is 9.38.